The van der Waals surface area contributed by atoms with E-state index in [1.165, 1.54) is 22.5 Å². The first kappa shape index (κ1) is 26.8. The standard InChI is InChI=1S/C27H38N6O4S/c1-19-25(29-18-30-26(19)28-17-23-16-20-6-4-5-7-24(20)37-23)27(34)33-14-10-22(11-15-33)32-12-8-21(9-13-32)31(2)38(3,35)36/h4-7,18,21-23H,8-17H2,1-3H3,(H,28,29,30). The number of amides is 1. The number of fused-ring (bicyclic) bond motifs is 1. The number of aromatic nitrogens is 2. The fourth-order valence-corrected chi connectivity index (χ4v) is 6.64. The van der Waals surface area contributed by atoms with E-state index in [0.29, 0.717) is 37.2 Å². The van der Waals surface area contributed by atoms with Crippen molar-refractivity contribution in [2.24, 2.45) is 0 Å². The van der Waals surface area contributed by atoms with Crippen LogP contribution in [0.3, 0.4) is 0 Å². The lowest BCUT2D eigenvalue weighted by Gasteiger charge is -2.43. The van der Waals surface area contributed by atoms with Crippen molar-refractivity contribution < 1.29 is 17.9 Å². The van der Waals surface area contributed by atoms with Gasteiger partial charge in [-0.25, -0.2) is 22.7 Å². The number of nitrogens with zero attached hydrogens (tertiary/aromatic N) is 5. The Morgan fingerprint density at radius 1 is 1.11 bits per heavy atom. The van der Waals surface area contributed by atoms with Gasteiger partial charge < -0.3 is 19.9 Å². The second-order valence-electron chi connectivity index (χ2n) is 10.7. The summed E-state index contributed by atoms with van der Waals surface area (Å²) < 4.78 is 31.3. The smallest absolute Gasteiger partial charge is 0.272 e. The third kappa shape index (κ3) is 5.79. The van der Waals surface area contributed by atoms with Gasteiger partial charge in [-0.05, 0) is 57.3 Å². The molecule has 1 unspecified atom stereocenters. The average Bonchev–Trinajstić information content (AvgIpc) is 3.34. The van der Waals surface area contributed by atoms with Crippen LogP contribution >= 0.6 is 0 Å². The zero-order chi connectivity index (χ0) is 26.9. The molecular weight excluding hydrogens is 504 g/mol. The summed E-state index contributed by atoms with van der Waals surface area (Å²) in [6.07, 6.45) is 7.11. The third-order valence-corrected chi connectivity index (χ3v) is 9.65. The molecule has 3 aliphatic rings. The predicted molar refractivity (Wildman–Crippen MR) is 146 cm³/mol. The quantitative estimate of drug-likeness (QED) is 0.567. The zero-order valence-electron chi connectivity index (χ0n) is 22.5. The summed E-state index contributed by atoms with van der Waals surface area (Å²) >= 11 is 0. The van der Waals surface area contributed by atoms with Crippen LogP contribution in [-0.2, 0) is 16.4 Å². The van der Waals surface area contributed by atoms with Crippen LogP contribution in [0.2, 0.25) is 0 Å². The summed E-state index contributed by atoms with van der Waals surface area (Å²) in [5.41, 5.74) is 2.41. The lowest BCUT2D eigenvalue weighted by Crippen LogP contribution is -2.52. The number of rotatable bonds is 7. The van der Waals surface area contributed by atoms with Crippen LogP contribution in [0.15, 0.2) is 30.6 Å². The van der Waals surface area contributed by atoms with Crippen LogP contribution < -0.4 is 10.1 Å². The van der Waals surface area contributed by atoms with Gasteiger partial charge in [0, 0.05) is 44.2 Å². The molecule has 10 nitrogen and oxygen atoms in total. The van der Waals surface area contributed by atoms with Crippen molar-refractivity contribution >= 4 is 21.7 Å². The van der Waals surface area contributed by atoms with Gasteiger partial charge in [-0.15, -0.1) is 0 Å². The molecule has 3 aliphatic heterocycles. The first-order valence-electron chi connectivity index (χ1n) is 13.5. The average molecular weight is 543 g/mol. The fourth-order valence-electron chi connectivity index (χ4n) is 5.89. The monoisotopic (exact) mass is 542 g/mol. The first-order chi connectivity index (χ1) is 18.2. The molecule has 0 saturated carbocycles. The van der Waals surface area contributed by atoms with Gasteiger partial charge in [0.15, 0.2) is 0 Å². The summed E-state index contributed by atoms with van der Waals surface area (Å²) in [6, 6.07) is 8.57. The Hall–Kier alpha value is -2.76. The molecular formula is C27H38N6O4S. The molecule has 4 heterocycles. The van der Waals surface area contributed by atoms with Gasteiger partial charge in [0.1, 0.15) is 29.7 Å². The van der Waals surface area contributed by atoms with Crippen molar-refractivity contribution in [3.63, 3.8) is 0 Å². The third-order valence-electron chi connectivity index (χ3n) is 8.30. The van der Waals surface area contributed by atoms with Gasteiger partial charge in [-0.3, -0.25) is 4.79 Å². The van der Waals surface area contributed by atoms with Crippen molar-refractivity contribution in [3.8, 4) is 5.75 Å². The summed E-state index contributed by atoms with van der Waals surface area (Å²) in [5.74, 6) is 1.55. The highest BCUT2D eigenvalue weighted by Crippen LogP contribution is 2.29. The summed E-state index contributed by atoms with van der Waals surface area (Å²) in [6.45, 7) is 5.64. The van der Waals surface area contributed by atoms with E-state index in [1.807, 2.05) is 30.0 Å². The summed E-state index contributed by atoms with van der Waals surface area (Å²) in [7, 11) is -1.49. The minimum Gasteiger partial charge on any atom is -0.488 e. The van der Waals surface area contributed by atoms with E-state index in [-0.39, 0.29) is 18.1 Å². The molecule has 2 fully saturated rings. The van der Waals surface area contributed by atoms with Gasteiger partial charge >= 0.3 is 0 Å². The lowest BCUT2D eigenvalue weighted by atomic mass is 9.97. The van der Waals surface area contributed by atoms with E-state index in [4.69, 9.17) is 4.74 Å². The molecule has 1 N–H and O–H groups in total. The molecule has 5 rings (SSSR count). The SMILES string of the molecule is Cc1c(NCC2Cc3ccccc3O2)ncnc1C(=O)N1CCC(N2CCC(N(C)S(C)(=O)=O)CC2)CC1. The van der Waals surface area contributed by atoms with Gasteiger partial charge in [-0.2, -0.15) is 0 Å². The Bertz CT molecular complexity index is 1230. The number of nitrogens with one attached hydrogen (secondary N) is 1. The second kappa shape index (κ2) is 11.2. The number of likely N-dealkylation sites (tertiary alicyclic amines) is 2. The molecule has 1 amide bonds. The van der Waals surface area contributed by atoms with Gasteiger partial charge in [-0.1, -0.05) is 18.2 Å². The van der Waals surface area contributed by atoms with Crippen molar-refractivity contribution in [2.45, 2.75) is 57.2 Å². The molecule has 1 aromatic heterocycles. The van der Waals surface area contributed by atoms with Crippen molar-refractivity contribution in [1.82, 2.24) is 24.1 Å². The minimum absolute atomic E-state index is 0.0248. The Labute approximate surface area is 225 Å². The second-order valence-corrected chi connectivity index (χ2v) is 12.7. The molecule has 1 aromatic carbocycles. The number of ether oxygens (including phenoxy) is 1. The molecule has 0 spiro atoms. The van der Waals surface area contributed by atoms with Gasteiger partial charge in [0.05, 0.1) is 12.8 Å². The fraction of sp³-hybridized carbons (Fsp3) is 0.593. The molecule has 0 bridgehead atoms. The summed E-state index contributed by atoms with van der Waals surface area (Å²) in [5, 5.41) is 3.36. The Balaban J connectivity index is 1.12. The predicted octanol–water partition coefficient (Wildman–Crippen LogP) is 2.16. The number of para-hydroxylation sites is 1. The molecule has 2 aromatic rings. The highest BCUT2D eigenvalue weighted by Gasteiger charge is 2.33. The number of hydrogen-bond acceptors (Lipinski definition) is 8. The Morgan fingerprint density at radius 2 is 1.82 bits per heavy atom. The lowest BCUT2D eigenvalue weighted by molar-refractivity contribution is 0.0542. The number of carbonyl (C=O) groups excluding carboxylic acids is 1. The normalized spacial score (nSPS) is 21.4. The van der Waals surface area contributed by atoms with Crippen molar-refractivity contribution in [2.75, 3.05) is 51.3 Å². The van der Waals surface area contributed by atoms with Crippen LogP contribution in [0.1, 0.15) is 47.3 Å². The molecule has 38 heavy (non-hydrogen) atoms. The number of hydrogen-bond donors (Lipinski definition) is 1. The molecule has 206 valence electrons. The maximum atomic E-state index is 13.4. The van der Waals surface area contributed by atoms with Gasteiger partial charge in [0.2, 0.25) is 10.0 Å². The highest BCUT2D eigenvalue weighted by atomic mass is 32.2. The summed E-state index contributed by atoms with van der Waals surface area (Å²) in [4.78, 5) is 26.5. The van der Waals surface area contributed by atoms with Crippen molar-refractivity contribution in [3.05, 3.63) is 47.4 Å². The van der Waals surface area contributed by atoms with Crippen LogP contribution in [0.25, 0.3) is 0 Å². The Morgan fingerprint density at radius 3 is 2.50 bits per heavy atom. The van der Waals surface area contributed by atoms with E-state index < -0.39 is 10.0 Å². The van der Waals surface area contributed by atoms with Crippen LogP contribution in [-0.4, -0.2) is 103 Å². The number of sulfonamides is 1. The molecule has 11 heteroatoms. The van der Waals surface area contributed by atoms with Crippen LogP contribution in [0, 0.1) is 6.92 Å². The minimum atomic E-state index is -3.16. The topological polar surface area (TPSA) is 108 Å². The van der Waals surface area contributed by atoms with Crippen LogP contribution in [0.5, 0.6) is 5.75 Å². The maximum Gasteiger partial charge on any atom is 0.272 e. The number of anilines is 1. The van der Waals surface area contributed by atoms with Crippen LogP contribution in [0.4, 0.5) is 5.82 Å². The first-order valence-corrected chi connectivity index (χ1v) is 15.3. The highest BCUT2D eigenvalue weighted by molar-refractivity contribution is 7.88. The van der Waals surface area contributed by atoms with Crippen molar-refractivity contribution in [1.29, 1.82) is 0 Å². The van der Waals surface area contributed by atoms with E-state index in [2.05, 4.69) is 26.3 Å². The van der Waals surface area contributed by atoms with Gasteiger partial charge in [0.25, 0.3) is 5.91 Å². The molecule has 0 aliphatic carbocycles. The Kier molecular flexibility index (Phi) is 7.88. The molecule has 0 radical (unpaired) electrons. The largest absolute Gasteiger partial charge is 0.488 e. The number of carbonyl (C=O) groups is 1. The van der Waals surface area contributed by atoms with E-state index >= 15 is 0 Å². The van der Waals surface area contributed by atoms with E-state index in [9.17, 15) is 13.2 Å². The molecule has 2 saturated heterocycles. The van der Waals surface area contributed by atoms with E-state index in [0.717, 1.165) is 56.5 Å². The maximum absolute atomic E-state index is 13.4. The molecule has 1 atom stereocenters. The number of benzene rings is 1. The van der Waals surface area contributed by atoms with E-state index in [1.54, 1.807) is 7.05 Å². The number of piperidine rings is 2. The zero-order valence-corrected chi connectivity index (χ0v) is 23.3.